The fraction of sp³-hybridized carbons (Fsp3) is 0.885. The standard InChI is InChI=1S/C61H117NO3/c1-3-5-7-9-11-13-15-17-19-21-23-24-25-26-27-28-29-30-31-32-33-34-35-36-37-38-39-41-43-45-47-49-51-53-55-57-61(65)62-59(58-63)60(64)56-54-52-50-48-46-44-42-40-22-20-18-16-14-12-10-8-6-4-2/h28-29,46,48,54,56,59-60,63-64H,3-27,30-45,47,49-53,55,57-58H2,1-2H3,(H,62,65)/b29-28-,48-46+,56-54+. The van der Waals surface area contributed by atoms with Crippen LogP contribution in [0.1, 0.15) is 328 Å². The number of aliphatic hydroxyl groups excluding tert-OH is 2. The minimum Gasteiger partial charge on any atom is -0.394 e. The molecule has 384 valence electrons. The van der Waals surface area contributed by atoms with Crippen molar-refractivity contribution >= 4 is 5.91 Å². The normalized spacial score (nSPS) is 13.0. The average Bonchev–Trinajstić information content (AvgIpc) is 3.31. The van der Waals surface area contributed by atoms with E-state index in [-0.39, 0.29) is 12.5 Å². The van der Waals surface area contributed by atoms with Gasteiger partial charge in [-0.2, -0.15) is 0 Å². The van der Waals surface area contributed by atoms with Crippen LogP contribution >= 0.6 is 0 Å². The molecule has 0 rings (SSSR count). The summed E-state index contributed by atoms with van der Waals surface area (Å²) in [6.45, 7) is 4.33. The van der Waals surface area contributed by atoms with Gasteiger partial charge in [0.25, 0.3) is 0 Å². The summed E-state index contributed by atoms with van der Waals surface area (Å²) in [5.41, 5.74) is 0. The van der Waals surface area contributed by atoms with Crippen LogP contribution in [0.4, 0.5) is 0 Å². The van der Waals surface area contributed by atoms with Crippen LogP contribution < -0.4 is 5.32 Å². The highest BCUT2D eigenvalue weighted by molar-refractivity contribution is 5.76. The third kappa shape index (κ3) is 53.4. The van der Waals surface area contributed by atoms with Crippen molar-refractivity contribution in [3.8, 4) is 0 Å². The van der Waals surface area contributed by atoms with E-state index in [0.29, 0.717) is 6.42 Å². The fourth-order valence-electron chi connectivity index (χ4n) is 9.31. The second kappa shape index (κ2) is 56.9. The Morgan fingerprint density at radius 1 is 0.354 bits per heavy atom. The second-order valence-corrected chi connectivity index (χ2v) is 20.4. The van der Waals surface area contributed by atoms with Gasteiger partial charge < -0.3 is 15.5 Å². The monoisotopic (exact) mass is 912 g/mol. The second-order valence-electron chi connectivity index (χ2n) is 20.4. The SMILES string of the molecule is CCCCCCCCCCCCCC/C=C/CC/C=C/C(O)C(CO)NC(=O)CCCCCCCCCCCCCCCCCCC/C=C\CCCCCCCCCCCCCCCC. The van der Waals surface area contributed by atoms with E-state index in [2.05, 4.69) is 43.5 Å². The Morgan fingerprint density at radius 2 is 0.600 bits per heavy atom. The predicted molar refractivity (Wildman–Crippen MR) is 290 cm³/mol. The van der Waals surface area contributed by atoms with E-state index in [1.165, 1.54) is 276 Å². The first kappa shape index (κ1) is 63.6. The first-order valence-electron chi connectivity index (χ1n) is 29.7. The molecule has 0 aromatic rings. The summed E-state index contributed by atoms with van der Waals surface area (Å²) in [6, 6.07) is -0.638. The Bertz CT molecular complexity index is 989. The van der Waals surface area contributed by atoms with Crippen LogP contribution in [0.2, 0.25) is 0 Å². The van der Waals surface area contributed by atoms with Gasteiger partial charge in [0.15, 0.2) is 0 Å². The lowest BCUT2D eigenvalue weighted by molar-refractivity contribution is -0.123. The molecule has 0 bridgehead atoms. The Balaban J connectivity index is 3.44. The largest absolute Gasteiger partial charge is 0.394 e. The molecular weight excluding hydrogens is 795 g/mol. The van der Waals surface area contributed by atoms with Gasteiger partial charge in [0.05, 0.1) is 18.8 Å². The molecule has 0 heterocycles. The Labute approximate surface area is 408 Å². The lowest BCUT2D eigenvalue weighted by atomic mass is 10.0. The maximum absolute atomic E-state index is 12.5. The molecule has 0 saturated heterocycles. The minimum atomic E-state index is -0.861. The molecule has 65 heavy (non-hydrogen) atoms. The zero-order chi connectivity index (χ0) is 47.0. The van der Waals surface area contributed by atoms with E-state index in [9.17, 15) is 15.0 Å². The molecule has 4 heteroatoms. The van der Waals surface area contributed by atoms with E-state index in [4.69, 9.17) is 0 Å². The molecule has 1 amide bonds. The number of rotatable bonds is 55. The van der Waals surface area contributed by atoms with E-state index < -0.39 is 12.1 Å². The molecule has 0 radical (unpaired) electrons. The number of nitrogens with one attached hydrogen (secondary N) is 1. The number of hydrogen-bond acceptors (Lipinski definition) is 3. The summed E-state index contributed by atoms with van der Waals surface area (Å²) >= 11 is 0. The van der Waals surface area contributed by atoms with Gasteiger partial charge in [-0.1, -0.05) is 301 Å². The highest BCUT2D eigenvalue weighted by Gasteiger charge is 2.18. The van der Waals surface area contributed by atoms with Crippen LogP contribution in [0.15, 0.2) is 36.5 Å². The number of unbranched alkanes of at least 4 members (excludes halogenated alkanes) is 44. The lowest BCUT2D eigenvalue weighted by Crippen LogP contribution is -2.45. The number of allylic oxidation sites excluding steroid dienone is 5. The van der Waals surface area contributed by atoms with Crippen molar-refractivity contribution in [2.45, 2.75) is 341 Å². The van der Waals surface area contributed by atoms with Crippen LogP contribution in [0.3, 0.4) is 0 Å². The van der Waals surface area contributed by atoms with Crippen molar-refractivity contribution in [3.05, 3.63) is 36.5 Å². The van der Waals surface area contributed by atoms with Crippen LogP contribution in [0.25, 0.3) is 0 Å². The Morgan fingerprint density at radius 3 is 0.892 bits per heavy atom. The molecule has 0 aliphatic heterocycles. The summed E-state index contributed by atoms with van der Waals surface area (Å²) in [5, 5.41) is 23.1. The quantitative estimate of drug-likeness (QED) is 0.0421. The fourth-order valence-corrected chi connectivity index (χ4v) is 9.31. The molecule has 0 aliphatic carbocycles. The number of carbonyl (C=O) groups excluding carboxylic acids is 1. The average molecular weight is 913 g/mol. The van der Waals surface area contributed by atoms with Crippen LogP contribution in [-0.4, -0.2) is 34.9 Å². The third-order valence-electron chi connectivity index (χ3n) is 13.8. The number of carbonyl (C=O) groups is 1. The summed E-state index contributed by atoms with van der Waals surface area (Å²) in [6.07, 6.45) is 77.6. The molecule has 0 aliphatic rings. The van der Waals surface area contributed by atoms with Gasteiger partial charge in [0, 0.05) is 6.42 Å². The lowest BCUT2D eigenvalue weighted by Gasteiger charge is -2.19. The number of hydrogen-bond donors (Lipinski definition) is 3. The molecule has 0 spiro atoms. The van der Waals surface area contributed by atoms with Crippen molar-refractivity contribution in [3.63, 3.8) is 0 Å². The van der Waals surface area contributed by atoms with Gasteiger partial charge >= 0.3 is 0 Å². The van der Waals surface area contributed by atoms with Gasteiger partial charge in [0.1, 0.15) is 0 Å². The molecule has 2 atom stereocenters. The summed E-state index contributed by atoms with van der Waals surface area (Å²) < 4.78 is 0. The van der Waals surface area contributed by atoms with Crippen LogP contribution in [0.5, 0.6) is 0 Å². The zero-order valence-corrected chi connectivity index (χ0v) is 44.3. The van der Waals surface area contributed by atoms with E-state index in [0.717, 1.165) is 32.1 Å². The van der Waals surface area contributed by atoms with Gasteiger partial charge in [0.2, 0.25) is 5.91 Å². The molecule has 2 unspecified atom stereocenters. The topological polar surface area (TPSA) is 69.6 Å². The molecule has 0 saturated carbocycles. The maximum Gasteiger partial charge on any atom is 0.220 e. The van der Waals surface area contributed by atoms with Gasteiger partial charge in [-0.3, -0.25) is 4.79 Å². The van der Waals surface area contributed by atoms with E-state index in [1.807, 2.05) is 6.08 Å². The van der Waals surface area contributed by atoms with Crippen molar-refractivity contribution in [2.75, 3.05) is 6.61 Å². The molecule has 0 fully saturated rings. The van der Waals surface area contributed by atoms with Gasteiger partial charge in [-0.05, 0) is 57.8 Å². The van der Waals surface area contributed by atoms with Crippen LogP contribution in [0, 0.1) is 0 Å². The molecule has 4 nitrogen and oxygen atoms in total. The highest BCUT2D eigenvalue weighted by atomic mass is 16.3. The van der Waals surface area contributed by atoms with Gasteiger partial charge in [-0.15, -0.1) is 0 Å². The Hall–Kier alpha value is -1.39. The van der Waals surface area contributed by atoms with E-state index >= 15 is 0 Å². The van der Waals surface area contributed by atoms with Crippen molar-refractivity contribution in [1.29, 1.82) is 0 Å². The van der Waals surface area contributed by atoms with Crippen molar-refractivity contribution < 1.29 is 15.0 Å². The molecule has 3 N–H and O–H groups in total. The molecule has 0 aromatic carbocycles. The third-order valence-corrected chi connectivity index (χ3v) is 13.8. The summed E-state index contributed by atoms with van der Waals surface area (Å²) in [4.78, 5) is 12.5. The maximum atomic E-state index is 12.5. The first-order valence-corrected chi connectivity index (χ1v) is 29.7. The van der Waals surface area contributed by atoms with Gasteiger partial charge in [-0.25, -0.2) is 0 Å². The summed E-state index contributed by atoms with van der Waals surface area (Å²) in [7, 11) is 0. The zero-order valence-electron chi connectivity index (χ0n) is 44.3. The number of amides is 1. The van der Waals surface area contributed by atoms with Crippen molar-refractivity contribution in [2.24, 2.45) is 0 Å². The summed E-state index contributed by atoms with van der Waals surface area (Å²) in [5.74, 6) is -0.0686. The van der Waals surface area contributed by atoms with E-state index in [1.54, 1.807) is 6.08 Å². The van der Waals surface area contributed by atoms with Crippen LogP contribution in [-0.2, 0) is 4.79 Å². The minimum absolute atomic E-state index is 0.0686. The number of aliphatic hydroxyl groups is 2. The Kier molecular flexibility index (Phi) is 55.7. The molecular formula is C61H117NO3. The molecule has 0 aromatic heterocycles. The highest BCUT2D eigenvalue weighted by Crippen LogP contribution is 2.17. The smallest absolute Gasteiger partial charge is 0.220 e. The van der Waals surface area contributed by atoms with Crippen molar-refractivity contribution in [1.82, 2.24) is 5.32 Å². The first-order chi connectivity index (χ1) is 32.2. The predicted octanol–water partition coefficient (Wildman–Crippen LogP) is 19.6.